The van der Waals surface area contributed by atoms with Gasteiger partial charge in [-0.2, -0.15) is 4.52 Å². The summed E-state index contributed by atoms with van der Waals surface area (Å²) in [4.78, 5) is 9.15. The summed E-state index contributed by atoms with van der Waals surface area (Å²) < 4.78 is 7.35. The summed E-state index contributed by atoms with van der Waals surface area (Å²) in [6.45, 7) is 3.83. The molecule has 0 aliphatic rings. The van der Waals surface area contributed by atoms with Crippen LogP contribution in [0.4, 0.5) is 0 Å². The lowest BCUT2D eigenvalue weighted by atomic mass is 10.2. The molecule has 3 aromatic heterocycles. The molecule has 0 fully saturated rings. The standard InChI is InChI=1S/C15H12N4O/c1-9-7-8-13(20-9)14-17-15-11-5-3-4-6-12(11)16-10(2)19(15)18-14/h3-8H,1-2H3. The average Bonchev–Trinajstić information content (AvgIpc) is 3.05. The fourth-order valence-electron chi connectivity index (χ4n) is 2.35. The van der Waals surface area contributed by atoms with Crippen LogP contribution in [0.3, 0.4) is 0 Å². The van der Waals surface area contributed by atoms with Gasteiger partial charge in [0.25, 0.3) is 0 Å². The second-order valence-corrected chi connectivity index (χ2v) is 4.76. The molecular weight excluding hydrogens is 252 g/mol. The summed E-state index contributed by atoms with van der Waals surface area (Å²) in [6, 6.07) is 11.7. The number of aryl methyl sites for hydroxylation is 2. The Kier molecular flexibility index (Phi) is 2.18. The highest BCUT2D eigenvalue weighted by atomic mass is 16.3. The van der Waals surface area contributed by atoms with Crippen LogP contribution >= 0.6 is 0 Å². The van der Waals surface area contributed by atoms with E-state index in [2.05, 4.69) is 15.1 Å². The Balaban J connectivity index is 2.07. The van der Waals surface area contributed by atoms with E-state index in [1.807, 2.05) is 50.2 Å². The van der Waals surface area contributed by atoms with E-state index in [0.717, 1.165) is 28.1 Å². The number of benzene rings is 1. The maximum Gasteiger partial charge on any atom is 0.217 e. The Morgan fingerprint density at radius 1 is 1.00 bits per heavy atom. The molecule has 98 valence electrons. The van der Waals surface area contributed by atoms with E-state index in [9.17, 15) is 0 Å². The SMILES string of the molecule is Cc1ccc(-c2nc3c4ccccc4nc(C)n3n2)o1. The zero-order valence-corrected chi connectivity index (χ0v) is 11.2. The average molecular weight is 264 g/mol. The number of hydrogen-bond donors (Lipinski definition) is 0. The lowest BCUT2D eigenvalue weighted by molar-refractivity contribution is 0.544. The van der Waals surface area contributed by atoms with Gasteiger partial charge < -0.3 is 4.42 Å². The fraction of sp³-hybridized carbons (Fsp3) is 0.133. The molecule has 0 unspecified atom stereocenters. The molecule has 0 aliphatic carbocycles. The normalized spacial score (nSPS) is 11.5. The quantitative estimate of drug-likeness (QED) is 0.530. The molecular formula is C15H12N4O. The highest BCUT2D eigenvalue weighted by molar-refractivity contribution is 5.91. The van der Waals surface area contributed by atoms with E-state index >= 15 is 0 Å². The first-order chi connectivity index (χ1) is 9.72. The van der Waals surface area contributed by atoms with Crippen LogP contribution < -0.4 is 0 Å². The van der Waals surface area contributed by atoms with Crippen LogP contribution in [0.1, 0.15) is 11.6 Å². The molecule has 0 atom stereocenters. The van der Waals surface area contributed by atoms with Crippen molar-refractivity contribution >= 4 is 16.6 Å². The largest absolute Gasteiger partial charge is 0.458 e. The Labute approximate surface area is 114 Å². The lowest BCUT2D eigenvalue weighted by Gasteiger charge is -2.01. The third-order valence-corrected chi connectivity index (χ3v) is 3.30. The lowest BCUT2D eigenvalue weighted by Crippen LogP contribution is -1.98. The van der Waals surface area contributed by atoms with Gasteiger partial charge in [-0.05, 0) is 38.1 Å². The molecule has 0 aliphatic heterocycles. The number of rotatable bonds is 1. The minimum absolute atomic E-state index is 0.583. The van der Waals surface area contributed by atoms with E-state index in [4.69, 9.17) is 4.42 Å². The van der Waals surface area contributed by atoms with Gasteiger partial charge >= 0.3 is 0 Å². The molecule has 4 rings (SSSR count). The van der Waals surface area contributed by atoms with Crippen LogP contribution in [-0.4, -0.2) is 19.6 Å². The smallest absolute Gasteiger partial charge is 0.217 e. The van der Waals surface area contributed by atoms with Gasteiger partial charge in [0.15, 0.2) is 11.4 Å². The van der Waals surface area contributed by atoms with Crippen molar-refractivity contribution in [1.29, 1.82) is 0 Å². The topological polar surface area (TPSA) is 56.2 Å². The second kappa shape index (κ2) is 3.90. The summed E-state index contributed by atoms with van der Waals surface area (Å²) in [5.74, 6) is 2.91. The molecule has 0 saturated carbocycles. The number of aromatic nitrogens is 4. The molecule has 0 amide bonds. The van der Waals surface area contributed by atoms with Crippen molar-refractivity contribution in [1.82, 2.24) is 19.6 Å². The summed E-state index contributed by atoms with van der Waals surface area (Å²) in [5, 5.41) is 5.48. The predicted molar refractivity (Wildman–Crippen MR) is 75.5 cm³/mol. The molecule has 1 aromatic carbocycles. The van der Waals surface area contributed by atoms with Crippen LogP contribution in [0.2, 0.25) is 0 Å². The first-order valence-corrected chi connectivity index (χ1v) is 6.41. The van der Waals surface area contributed by atoms with Crippen molar-refractivity contribution in [3.8, 4) is 11.6 Å². The van der Waals surface area contributed by atoms with Gasteiger partial charge in [0.1, 0.15) is 11.6 Å². The van der Waals surface area contributed by atoms with Crippen molar-refractivity contribution in [3.63, 3.8) is 0 Å². The van der Waals surface area contributed by atoms with E-state index < -0.39 is 0 Å². The minimum atomic E-state index is 0.583. The molecule has 5 heteroatoms. The third-order valence-electron chi connectivity index (χ3n) is 3.30. The first kappa shape index (κ1) is 11.2. The van der Waals surface area contributed by atoms with Crippen molar-refractivity contribution in [3.05, 3.63) is 48.0 Å². The molecule has 4 aromatic rings. The van der Waals surface area contributed by atoms with Gasteiger partial charge in [0, 0.05) is 5.39 Å². The van der Waals surface area contributed by atoms with Gasteiger partial charge in [0.05, 0.1) is 5.52 Å². The van der Waals surface area contributed by atoms with Gasteiger partial charge in [0.2, 0.25) is 5.82 Å². The zero-order chi connectivity index (χ0) is 13.7. The van der Waals surface area contributed by atoms with Crippen LogP contribution in [0.25, 0.3) is 28.1 Å². The maximum atomic E-state index is 5.59. The molecule has 0 saturated heterocycles. The third kappa shape index (κ3) is 1.53. The van der Waals surface area contributed by atoms with Crippen LogP contribution in [0, 0.1) is 13.8 Å². The molecule has 3 heterocycles. The molecule has 20 heavy (non-hydrogen) atoms. The van der Waals surface area contributed by atoms with Gasteiger partial charge in [-0.15, -0.1) is 5.10 Å². The van der Waals surface area contributed by atoms with E-state index in [0.29, 0.717) is 11.6 Å². The summed E-state index contributed by atoms with van der Waals surface area (Å²) >= 11 is 0. The van der Waals surface area contributed by atoms with Crippen LogP contribution in [-0.2, 0) is 0 Å². The van der Waals surface area contributed by atoms with Crippen LogP contribution in [0.15, 0.2) is 40.8 Å². The Morgan fingerprint density at radius 2 is 1.85 bits per heavy atom. The minimum Gasteiger partial charge on any atom is -0.458 e. The molecule has 5 nitrogen and oxygen atoms in total. The Bertz CT molecular complexity index is 936. The van der Waals surface area contributed by atoms with E-state index in [1.165, 1.54) is 0 Å². The van der Waals surface area contributed by atoms with Gasteiger partial charge in [-0.25, -0.2) is 9.97 Å². The molecule has 0 radical (unpaired) electrons. The van der Waals surface area contributed by atoms with E-state index in [1.54, 1.807) is 4.52 Å². The first-order valence-electron chi connectivity index (χ1n) is 6.41. The summed E-state index contributed by atoms with van der Waals surface area (Å²) in [7, 11) is 0. The van der Waals surface area contributed by atoms with E-state index in [-0.39, 0.29) is 0 Å². The van der Waals surface area contributed by atoms with Crippen molar-refractivity contribution in [2.75, 3.05) is 0 Å². The maximum absolute atomic E-state index is 5.59. The molecule has 0 N–H and O–H groups in total. The number of para-hydroxylation sites is 1. The zero-order valence-electron chi connectivity index (χ0n) is 11.2. The number of furan rings is 1. The van der Waals surface area contributed by atoms with Gasteiger partial charge in [-0.1, -0.05) is 12.1 Å². The summed E-state index contributed by atoms with van der Waals surface area (Å²) in [5.41, 5.74) is 1.73. The van der Waals surface area contributed by atoms with Crippen LogP contribution in [0.5, 0.6) is 0 Å². The fourth-order valence-corrected chi connectivity index (χ4v) is 2.35. The predicted octanol–water partition coefficient (Wildman–Crippen LogP) is 3.15. The van der Waals surface area contributed by atoms with Crippen molar-refractivity contribution in [2.24, 2.45) is 0 Å². The Morgan fingerprint density at radius 3 is 2.65 bits per heavy atom. The molecule has 0 spiro atoms. The monoisotopic (exact) mass is 264 g/mol. The van der Waals surface area contributed by atoms with Crippen molar-refractivity contribution in [2.45, 2.75) is 13.8 Å². The molecule has 0 bridgehead atoms. The highest BCUT2D eigenvalue weighted by Gasteiger charge is 2.14. The number of fused-ring (bicyclic) bond motifs is 3. The number of hydrogen-bond acceptors (Lipinski definition) is 4. The summed E-state index contributed by atoms with van der Waals surface area (Å²) in [6.07, 6.45) is 0. The number of nitrogens with zero attached hydrogens (tertiary/aromatic N) is 4. The Hall–Kier alpha value is -2.69. The van der Waals surface area contributed by atoms with Gasteiger partial charge in [-0.3, -0.25) is 0 Å². The highest BCUT2D eigenvalue weighted by Crippen LogP contribution is 2.23. The second-order valence-electron chi connectivity index (χ2n) is 4.76. The van der Waals surface area contributed by atoms with Crippen molar-refractivity contribution < 1.29 is 4.42 Å².